The van der Waals surface area contributed by atoms with Gasteiger partial charge < -0.3 is 14.7 Å². The first-order valence-corrected chi connectivity index (χ1v) is 6.66. The van der Waals surface area contributed by atoms with E-state index in [4.69, 9.17) is 5.84 Å². The number of hydrogen-bond donors (Lipinski definition) is 2. The van der Waals surface area contributed by atoms with Gasteiger partial charge in [0, 0.05) is 31.7 Å². The number of hydrogen-bond acceptors (Lipinski definition) is 6. The first kappa shape index (κ1) is 12.0. The van der Waals surface area contributed by atoms with E-state index in [-0.39, 0.29) is 0 Å². The number of thioether (sulfide) groups is 1. The van der Waals surface area contributed by atoms with Gasteiger partial charge in [0.25, 0.3) is 0 Å². The topological polar surface area (TPSA) is 71.5 Å². The van der Waals surface area contributed by atoms with Crippen molar-refractivity contribution < 1.29 is 0 Å². The Labute approximate surface area is 104 Å². The molecule has 0 bridgehead atoms. The van der Waals surface area contributed by atoms with Crippen LogP contribution in [0.1, 0.15) is 0 Å². The molecule has 2 aromatic rings. The van der Waals surface area contributed by atoms with Crippen molar-refractivity contribution >= 4 is 29.0 Å². The number of nitrogens with one attached hydrogen (secondary N) is 1. The minimum absolute atomic E-state index is 0.626. The number of aromatic nitrogens is 3. The fraction of sp³-hybridized carbons (Fsp3) is 0.400. The Kier molecular flexibility index (Phi) is 3.70. The summed E-state index contributed by atoms with van der Waals surface area (Å²) in [7, 11) is 2.01. The van der Waals surface area contributed by atoms with Crippen molar-refractivity contribution in [1.82, 2.24) is 14.4 Å². The van der Waals surface area contributed by atoms with Crippen LogP contribution in [0, 0.1) is 0 Å². The van der Waals surface area contributed by atoms with Crippen molar-refractivity contribution in [2.24, 2.45) is 5.84 Å². The lowest BCUT2D eigenvalue weighted by Crippen LogP contribution is -2.23. The molecule has 0 radical (unpaired) electrons. The average molecular weight is 252 g/mol. The van der Waals surface area contributed by atoms with Gasteiger partial charge in [0.2, 0.25) is 0 Å². The maximum atomic E-state index is 5.41. The molecule has 6 nitrogen and oxygen atoms in total. The summed E-state index contributed by atoms with van der Waals surface area (Å²) < 4.78 is 1.91. The van der Waals surface area contributed by atoms with Crippen molar-refractivity contribution in [2.75, 3.05) is 35.9 Å². The summed E-state index contributed by atoms with van der Waals surface area (Å²) in [6, 6.07) is 0. The SMILES string of the molecule is CSCCN(C)c1nc(NN)cn2ccnc12. The quantitative estimate of drug-likeness (QED) is 0.606. The molecule has 0 atom stereocenters. The van der Waals surface area contributed by atoms with Crippen LogP contribution >= 0.6 is 11.8 Å². The molecule has 0 aromatic carbocycles. The molecule has 0 spiro atoms. The Morgan fingerprint density at radius 1 is 1.59 bits per heavy atom. The first-order chi connectivity index (χ1) is 8.26. The van der Waals surface area contributed by atoms with E-state index >= 15 is 0 Å². The second kappa shape index (κ2) is 5.24. The van der Waals surface area contributed by atoms with Crippen molar-refractivity contribution in [3.8, 4) is 0 Å². The summed E-state index contributed by atoms with van der Waals surface area (Å²) in [6.07, 6.45) is 7.53. The third kappa shape index (κ3) is 2.45. The normalized spacial score (nSPS) is 10.8. The number of fused-ring (bicyclic) bond motifs is 1. The second-order valence-corrected chi connectivity index (χ2v) is 4.65. The van der Waals surface area contributed by atoms with Crippen LogP contribution in [-0.4, -0.2) is 40.0 Å². The van der Waals surface area contributed by atoms with Gasteiger partial charge >= 0.3 is 0 Å². The standard InChI is InChI=1S/C10H16N6S/c1-15(5-6-17-2)10-9-12-3-4-16(9)7-8(13-10)14-11/h3-4,7,14H,5-6,11H2,1-2H3. The van der Waals surface area contributed by atoms with Crippen molar-refractivity contribution in [2.45, 2.75) is 0 Å². The summed E-state index contributed by atoms with van der Waals surface area (Å²) >= 11 is 1.81. The van der Waals surface area contributed by atoms with E-state index in [1.54, 1.807) is 18.0 Å². The zero-order valence-corrected chi connectivity index (χ0v) is 10.7. The van der Waals surface area contributed by atoms with Crippen LogP contribution in [0.15, 0.2) is 18.6 Å². The predicted octanol–water partition coefficient (Wildman–Crippen LogP) is 0.814. The fourth-order valence-electron chi connectivity index (χ4n) is 1.57. The van der Waals surface area contributed by atoms with Crippen LogP contribution in [0.5, 0.6) is 0 Å². The number of rotatable bonds is 5. The molecule has 0 saturated carbocycles. The lowest BCUT2D eigenvalue weighted by Gasteiger charge is -2.18. The van der Waals surface area contributed by atoms with Crippen LogP contribution in [0.3, 0.4) is 0 Å². The van der Waals surface area contributed by atoms with E-state index in [1.807, 2.05) is 23.8 Å². The van der Waals surface area contributed by atoms with Crippen LogP contribution in [0.4, 0.5) is 11.6 Å². The largest absolute Gasteiger partial charge is 0.356 e. The van der Waals surface area contributed by atoms with E-state index in [0.717, 1.165) is 23.8 Å². The summed E-state index contributed by atoms with van der Waals surface area (Å²) in [5, 5.41) is 0. The van der Waals surface area contributed by atoms with Crippen LogP contribution in [-0.2, 0) is 0 Å². The number of nitrogen functional groups attached to an aromatic ring is 1. The molecule has 0 saturated heterocycles. The molecule has 7 heteroatoms. The Balaban J connectivity index is 2.39. The zero-order valence-electron chi connectivity index (χ0n) is 9.92. The highest BCUT2D eigenvalue weighted by atomic mass is 32.2. The molecular weight excluding hydrogens is 236 g/mol. The highest BCUT2D eigenvalue weighted by molar-refractivity contribution is 7.98. The molecule has 2 aromatic heterocycles. The molecule has 0 aliphatic rings. The Hall–Kier alpha value is -1.47. The Bertz CT molecular complexity index is 497. The van der Waals surface area contributed by atoms with E-state index in [9.17, 15) is 0 Å². The minimum Gasteiger partial charge on any atom is -0.356 e. The highest BCUT2D eigenvalue weighted by Crippen LogP contribution is 2.19. The second-order valence-electron chi connectivity index (χ2n) is 3.67. The summed E-state index contributed by atoms with van der Waals surface area (Å²) in [5.74, 6) is 7.92. The van der Waals surface area contributed by atoms with Gasteiger partial charge in [0.1, 0.15) is 0 Å². The monoisotopic (exact) mass is 252 g/mol. The number of hydrazine groups is 1. The third-order valence-corrected chi connectivity index (χ3v) is 3.09. The number of nitrogens with zero attached hydrogens (tertiary/aromatic N) is 4. The maximum Gasteiger partial charge on any atom is 0.180 e. The van der Waals surface area contributed by atoms with Crippen molar-refractivity contribution in [1.29, 1.82) is 0 Å². The molecular formula is C10H16N6S. The van der Waals surface area contributed by atoms with Gasteiger partial charge in [-0.3, -0.25) is 0 Å². The van der Waals surface area contributed by atoms with Crippen LogP contribution in [0.2, 0.25) is 0 Å². The lowest BCUT2D eigenvalue weighted by molar-refractivity contribution is 0.936. The van der Waals surface area contributed by atoms with E-state index in [1.165, 1.54) is 0 Å². The third-order valence-electron chi connectivity index (χ3n) is 2.50. The maximum absolute atomic E-state index is 5.41. The molecule has 92 valence electrons. The van der Waals surface area contributed by atoms with Crippen molar-refractivity contribution in [3.05, 3.63) is 18.6 Å². The number of anilines is 2. The van der Waals surface area contributed by atoms with Crippen LogP contribution < -0.4 is 16.2 Å². The van der Waals surface area contributed by atoms with Gasteiger partial charge in [-0.05, 0) is 6.26 Å². The van der Waals surface area contributed by atoms with Crippen molar-refractivity contribution in [3.63, 3.8) is 0 Å². The van der Waals surface area contributed by atoms with Crippen LogP contribution in [0.25, 0.3) is 5.65 Å². The molecule has 0 aliphatic heterocycles. The van der Waals surface area contributed by atoms with E-state index in [2.05, 4.69) is 26.5 Å². The van der Waals surface area contributed by atoms with E-state index < -0.39 is 0 Å². The average Bonchev–Trinajstić information content (AvgIpc) is 2.82. The molecule has 3 N–H and O–H groups in total. The summed E-state index contributed by atoms with van der Waals surface area (Å²) in [4.78, 5) is 10.8. The zero-order chi connectivity index (χ0) is 12.3. The molecule has 0 aliphatic carbocycles. The van der Waals surface area contributed by atoms with Gasteiger partial charge in [0.05, 0.1) is 6.20 Å². The first-order valence-electron chi connectivity index (χ1n) is 5.26. The Morgan fingerprint density at radius 3 is 3.12 bits per heavy atom. The molecule has 0 fully saturated rings. The summed E-state index contributed by atoms with van der Waals surface area (Å²) in [5.41, 5.74) is 3.41. The molecule has 0 unspecified atom stereocenters. The number of nitrogens with two attached hydrogens (primary N) is 1. The summed E-state index contributed by atoms with van der Waals surface area (Å²) in [6.45, 7) is 0.921. The molecule has 2 rings (SSSR count). The predicted molar refractivity (Wildman–Crippen MR) is 72.4 cm³/mol. The highest BCUT2D eigenvalue weighted by Gasteiger charge is 2.11. The molecule has 0 amide bonds. The van der Waals surface area contributed by atoms with Gasteiger partial charge in [-0.25, -0.2) is 15.8 Å². The van der Waals surface area contributed by atoms with E-state index in [0.29, 0.717) is 5.82 Å². The molecule has 17 heavy (non-hydrogen) atoms. The van der Waals surface area contributed by atoms with Gasteiger partial charge in [-0.15, -0.1) is 0 Å². The fourth-order valence-corrected chi connectivity index (χ4v) is 2.03. The lowest BCUT2D eigenvalue weighted by atomic mass is 10.5. The smallest absolute Gasteiger partial charge is 0.180 e. The Morgan fingerprint density at radius 2 is 2.41 bits per heavy atom. The molecule has 2 heterocycles. The number of imidazole rings is 1. The van der Waals surface area contributed by atoms with Gasteiger partial charge in [-0.1, -0.05) is 0 Å². The van der Waals surface area contributed by atoms with Gasteiger partial charge in [0.15, 0.2) is 17.3 Å². The van der Waals surface area contributed by atoms with Gasteiger partial charge in [-0.2, -0.15) is 11.8 Å². The minimum atomic E-state index is 0.626.